The highest BCUT2D eigenvalue weighted by molar-refractivity contribution is 5.90. The van der Waals surface area contributed by atoms with E-state index < -0.39 is 6.10 Å². The molecule has 4 N–H and O–H groups in total. The van der Waals surface area contributed by atoms with Gasteiger partial charge in [0.1, 0.15) is 17.2 Å². The minimum atomic E-state index is -0.978. The summed E-state index contributed by atoms with van der Waals surface area (Å²) in [5.74, 6) is -0.896. The second-order valence-electron chi connectivity index (χ2n) is 5.64. The number of aromatic hydroxyl groups is 4. The summed E-state index contributed by atoms with van der Waals surface area (Å²) in [6.45, 7) is 3.20. The van der Waals surface area contributed by atoms with E-state index in [0.717, 1.165) is 0 Å². The summed E-state index contributed by atoms with van der Waals surface area (Å²) in [7, 11) is 0. The van der Waals surface area contributed by atoms with Crippen LogP contribution in [0, 0.1) is 13.8 Å². The highest BCUT2D eigenvalue weighted by atomic mass is 16.5. The molecule has 1 heterocycles. The largest absolute Gasteiger partial charge is 0.507 e. The van der Waals surface area contributed by atoms with Gasteiger partial charge in [-0.05, 0) is 26.0 Å². The average molecular weight is 316 g/mol. The molecule has 6 heteroatoms. The van der Waals surface area contributed by atoms with E-state index >= 15 is 0 Å². The van der Waals surface area contributed by atoms with Crippen molar-refractivity contribution in [3.63, 3.8) is 0 Å². The van der Waals surface area contributed by atoms with Gasteiger partial charge in [-0.3, -0.25) is 4.79 Å². The molecule has 0 aromatic heterocycles. The molecule has 1 unspecified atom stereocenters. The van der Waals surface area contributed by atoms with Crippen molar-refractivity contribution >= 4 is 5.78 Å². The predicted molar refractivity (Wildman–Crippen MR) is 81.1 cm³/mol. The van der Waals surface area contributed by atoms with Crippen molar-refractivity contribution < 1.29 is 30.0 Å². The first kappa shape index (κ1) is 15.0. The monoisotopic (exact) mass is 316 g/mol. The molecule has 1 atom stereocenters. The van der Waals surface area contributed by atoms with E-state index in [4.69, 9.17) is 4.74 Å². The Morgan fingerprint density at radius 3 is 2.35 bits per heavy atom. The van der Waals surface area contributed by atoms with Crippen molar-refractivity contribution in [3.05, 3.63) is 40.5 Å². The van der Waals surface area contributed by atoms with E-state index in [1.165, 1.54) is 18.2 Å². The molecular formula is C17H16O6. The standard InChI is InChI=1S/C17H16O6/c1-7-14(21)8(2)16-10(15(7)22)6-13(20)17(23-16)9-3-4-11(18)12(19)5-9/h3-5,17-19,21-22H,6H2,1-2H3. The van der Waals surface area contributed by atoms with E-state index in [1.807, 2.05) is 0 Å². The van der Waals surface area contributed by atoms with Crippen LogP contribution in [0.2, 0.25) is 0 Å². The first-order valence-corrected chi connectivity index (χ1v) is 7.06. The molecule has 0 saturated heterocycles. The number of Topliss-reactive ketones (excluding diaryl/α,β-unsaturated/α-hetero) is 1. The number of ketones is 1. The van der Waals surface area contributed by atoms with E-state index in [0.29, 0.717) is 22.3 Å². The molecule has 6 nitrogen and oxygen atoms in total. The summed E-state index contributed by atoms with van der Waals surface area (Å²) in [6, 6.07) is 4.01. The van der Waals surface area contributed by atoms with Gasteiger partial charge in [0, 0.05) is 28.7 Å². The molecule has 0 aliphatic carbocycles. The maximum absolute atomic E-state index is 12.4. The minimum Gasteiger partial charge on any atom is -0.507 e. The molecule has 1 aliphatic rings. The Morgan fingerprint density at radius 1 is 1.00 bits per heavy atom. The van der Waals surface area contributed by atoms with Gasteiger partial charge in [0.15, 0.2) is 23.4 Å². The molecule has 0 radical (unpaired) electrons. The second kappa shape index (κ2) is 5.08. The quantitative estimate of drug-likeness (QED) is 0.602. The normalized spacial score (nSPS) is 16.8. The van der Waals surface area contributed by atoms with Gasteiger partial charge in [0.25, 0.3) is 0 Å². The van der Waals surface area contributed by atoms with Crippen LogP contribution in [0.4, 0.5) is 0 Å². The van der Waals surface area contributed by atoms with Gasteiger partial charge in [0.05, 0.1) is 0 Å². The van der Waals surface area contributed by atoms with Crippen LogP contribution in [-0.2, 0) is 11.2 Å². The van der Waals surface area contributed by atoms with Crippen LogP contribution in [0.25, 0.3) is 0 Å². The van der Waals surface area contributed by atoms with Gasteiger partial charge >= 0.3 is 0 Å². The first-order chi connectivity index (χ1) is 10.8. The Kier molecular flexibility index (Phi) is 3.32. The van der Waals surface area contributed by atoms with E-state index in [1.54, 1.807) is 13.8 Å². The third-order valence-corrected chi connectivity index (χ3v) is 4.15. The third kappa shape index (κ3) is 2.23. The molecule has 120 valence electrons. The van der Waals surface area contributed by atoms with Crippen molar-refractivity contribution in [2.75, 3.05) is 0 Å². The van der Waals surface area contributed by atoms with Crippen LogP contribution in [0.15, 0.2) is 18.2 Å². The lowest BCUT2D eigenvalue weighted by Crippen LogP contribution is -2.26. The zero-order valence-electron chi connectivity index (χ0n) is 12.6. The Hall–Kier alpha value is -2.89. The van der Waals surface area contributed by atoms with Crippen molar-refractivity contribution in [2.45, 2.75) is 26.4 Å². The van der Waals surface area contributed by atoms with Gasteiger partial charge in [-0.15, -0.1) is 0 Å². The van der Waals surface area contributed by atoms with Gasteiger partial charge in [0.2, 0.25) is 0 Å². The van der Waals surface area contributed by atoms with Crippen LogP contribution in [0.1, 0.15) is 28.4 Å². The molecule has 0 amide bonds. The van der Waals surface area contributed by atoms with Gasteiger partial charge in [-0.25, -0.2) is 0 Å². The number of phenols is 4. The maximum atomic E-state index is 12.4. The highest BCUT2D eigenvalue weighted by Crippen LogP contribution is 2.46. The number of phenolic OH excluding ortho intramolecular Hbond substituents is 4. The van der Waals surface area contributed by atoms with E-state index in [9.17, 15) is 25.2 Å². The molecular weight excluding hydrogens is 300 g/mol. The van der Waals surface area contributed by atoms with E-state index in [2.05, 4.69) is 0 Å². The smallest absolute Gasteiger partial charge is 0.182 e. The molecule has 2 aromatic carbocycles. The number of hydrogen-bond acceptors (Lipinski definition) is 6. The van der Waals surface area contributed by atoms with Crippen molar-refractivity contribution in [1.29, 1.82) is 0 Å². The SMILES string of the molecule is Cc1c(O)c(C)c2c(c1O)CC(=O)C(c1ccc(O)c(O)c1)O2. The predicted octanol–water partition coefficient (Wildman–Crippen LogP) is 2.37. The Balaban J connectivity index is 2.10. The van der Waals surface area contributed by atoms with Crippen LogP contribution in [-0.4, -0.2) is 26.2 Å². The highest BCUT2D eigenvalue weighted by Gasteiger charge is 2.34. The lowest BCUT2D eigenvalue weighted by atomic mass is 9.92. The molecule has 0 spiro atoms. The molecule has 23 heavy (non-hydrogen) atoms. The Morgan fingerprint density at radius 2 is 1.70 bits per heavy atom. The number of carbonyl (C=O) groups excluding carboxylic acids is 1. The average Bonchev–Trinajstić information content (AvgIpc) is 2.53. The fraction of sp³-hybridized carbons (Fsp3) is 0.235. The molecule has 3 rings (SSSR count). The van der Waals surface area contributed by atoms with E-state index in [-0.39, 0.29) is 41.0 Å². The van der Waals surface area contributed by atoms with Crippen LogP contribution >= 0.6 is 0 Å². The molecule has 0 saturated carbocycles. The molecule has 0 fully saturated rings. The number of benzene rings is 2. The van der Waals surface area contributed by atoms with Crippen molar-refractivity contribution in [2.24, 2.45) is 0 Å². The zero-order chi connectivity index (χ0) is 16.9. The summed E-state index contributed by atoms with van der Waals surface area (Å²) in [4.78, 5) is 12.4. The van der Waals surface area contributed by atoms with Crippen LogP contribution in [0.3, 0.4) is 0 Å². The number of ether oxygens (including phenoxy) is 1. The van der Waals surface area contributed by atoms with Gasteiger partial charge < -0.3 is 25.2 Å². The fourth-order valence-electron chi connectivity index (χ4n) is 2.79. The van der Waals surface area contributed by atoms with Crippen LogP contribution in [0.5, 0.6) is 28.7 Å². The molecule has 0 bridgehead atoms. The summed E-state index contributed by atoms with van der Waals surface area (Å²) in [5.41, 5.74) is 1.48. The summed E-state index contributed by atoms with van der Waals surface area (Å²) in [5, 5.41) is 39.2. The van der Waals surface area contributed by atoms with Gasteiger partial charge in [-0.2, -0.15) is 0 Å². The van der Waals surface area contributed by atoms with Crippen molar-refractivity contribution in [3.8, 4) is 28.7 Å². The third-order valence-electron chi connectivity index (χ3n) is 4.15. The number of hydrogen-bond donors (Lipinski definition) is 4. The number of rotatable bonds is 1. The summed E-state index contributed by atoms with van der Waals surface area (Å²) < 4.78 is 5.71. The number of fused-ring (bicyclic) bond motifs is 1. The Labute approximate surface area is 132 Å². The summed E-state index contributed by atoms with van der Waals surface area (Å²) >= 11 is 0. The lowest BCUT2D eigenvalue weighted by Gasteiger charge is -2.28. The van der Waals surface area contributed by atoms with Crippen molar-refractivity contribution in [1.82, 2.24) is 0 Å². The zero-order valence-corrected chi connectivity index (χ0v) is 12.6. The van der Waals surface area contributed by atoms with Crippen LogP contribution < -0.4 is 4.74 Å². The topological polar surface area (TPSA) is 107 Å². The molecule has 1 aliphatic heterocycles. The second-order valence-corrected chi connectivity index (χ2v) is 5.64. The Bertz CT molecular complexity index is 825. The lowest BCUT2D eigenvalue weighted by molar-refractivity contribution is -0.126. The number of carbonyl (C=O) groups is 1. The summed E-state index contributed by atoms with van der Waals surface area (Å²) in [6.07, 6.45) is -1.02. The van der Waals surface area contributed by atoms with Gasteiger partial charge in [-0.1, -0.05) is 6.07 Å². The molecule has 2 aromatic rings. The first-order valence-electron chi connectivity index (χ1n) is 7.06. The minimum absolute atomic E-state index is 0.0462. The maximum Gasteiger partial charge on any atom is 0.182 e. The fourth-order valence-corrected chi connectivity index (χ4v) is 2.79.